The molecule has 0 aromatic carbocycles. The fourth-order valence-electron chi connectivity index (χ4n) is 2.21. The van der Waals surface area contributed by atoms with Crippen molar-refractivity contribution >= 4 is 15.8 Å². The van der Waals surface area contributed by atoms with E-state index >= 15 is 0 Å². The van der Waals surface area contributed by atoms with Crippen LogP contribution in [0, 0.1) is 5.92 Å². The number of hydrogen-bond donors (Lipinski definition) is 3. The lowest BCUT2D eigenvalue weighted by molar-refractivity contribution is 0.133. The minimum absolute atomic E-state index is 0.0271. The summed E-state index contributed by atoms with van der Waals surface area (Å²) in [6.07, 6.45) is 1.61. The van der Waals surface area contributed by atoms with Gasteiger partial charge < -0.3 is 10.5 Å². The Morgan fingerprint density at radius 2 is 2.37 bits per heavy atom. The third kappa shape index (κ3) is 2.71. The van der Waals surface area contributed by atoms with E-state index in [0.717, 1.165) is 0 Å². The van der Waals surface area contributed by atoms with Crippen LogP contribution in [0.5, 0.6) is 0 Å². The van der Waals surface area contributed by atoms with Gasteiger partial charge in [-0.25, -0.2) is 19.2 Å². The van der Waals surface area contributed by atoms with E-state index < -0.39 is 16.1 Å². The molecule has 0 amide bonds. The average Bonchev–Trinajstić information content (AvgIpc) is 2.89. The number of hydrazine groups is 1. The molecule has 0 saturated carbocycles. The predicted molar refractivity (Wildman–Crippen MR) is 70.6 cm³/mol. The monoisotopic (exact) mass is 286 g/mol. The molecule has 1 aliphatic heterocycles. The van der Waals surface area contributed by atoms with Crippen molar-refractivity contribution in [3.8, 4) is 0 Å². The highest BCUT2D eigenvalue weighted by Gasteiger charge is 2.35. The summed E-state index contributed by atoms with van der Waals surface area (Å²) in [6.45, 7) is 2.40. The molecule has 8 heteroatoms. The molecule has 2 atom stereocenters. The zero-order chi connectivity index (χ0) is 14.0. The lowest BCUT2D eigenvalue weighted by Gasteiger charge is -2.18. The van der Waals surface area contributed by atoms with Crippen LogP contribution in [0.15, 0.2) is 23.2 Å². The first-order valence-corrected chi connectivity index (χ1v) is 7.50. The van der Waals surface area contributed by atoms with Gasteiger partial charge in [-0.1, -0.05) is 0 Å². The topological polar surface area (TPSA) is 109 Å². The van der Waals surface area contributed by atoms with Crippen molar-refractivity contribution in [2.45, 2.75) is 24.3 Å². The van der Waals surface area contributed by atoms with Crippen molar-refractivity contribution in [3.05, 3.63) is 18.3 Å². The number of pyridine rings is 1. The van der Waals surface area contributed by atoms with Crippen LogP contribution in [0.1, 0.15) is 13.3 Å². The lowest BCUT2D eigenvalue weighted by Crippen LogP contribution is -2.31. The van der Waals surface area contributed by atoms with E-state index in [0.29, 0.717) is 19.5 Å². The van der Waals surface area contributed by atoms with Gasteiger partial charge in [-0.3, -0.25) is 0 Å². The van der Waals surface area contributed by atoms with Gasteiger partial charge in [0.1, 0.15) is 4.90 Å². The molecule has 7 nitrogen and oxygen atoms in total. The smallest absolute Gasteiger partial charge is 0.246 e. The van der Waals surface area contributed by atoms with E-state index in [1.54, 1.807) is 13.0 Å². The van der Waals surface area contributed by atoms with Crippen LogP contribution in [0.3, 0.4) is 0 Å². The maximum atomic E-state index is 12.5. The molecule has 2 unspecified atom stereocenters. The highest BCUT2D eigenvalue weighted by molar-refractivity contribution is 7.89. The fraction of sp³-hybridized carbons (Fsp3) is 0.545. The summed E-state index contributed by atoms with van der Waals surface area (Å²) in [5, 5.41) is 9.54. The van der Waals surface area contributed by atoms with Gasteiger partial charge in [0.15, 0.2) is 5.82 Å². The van der Waals surface area contributed by atoms with Gasteiger partial charge in [0.2, 0.25) is 10.0 Å². The molecule has 0 radical (unpaired) electrons. The summed E-state index contributed by atoms with van der Waals surface area (Å²) in [6, 6.07) is 3.02. The maximum absolute atomic E-state index is 12.5. The minimum atomic E-state index is -3.63. The molecule has 4 N–H and O–H groups in total. The number of hydrogen-bond acceptors (Lipinski definition) is 6. The predicted octanol–water partition coefficient (Wildman–Crippen LogP) is -0.241. The Kier molecular flexibility index (Phi) is 4.04. The molecule has 0 spiro atoms. The van der Waals surface area contributed by atoms with Crippen LogP contribution in [0.2, 0.25) is 0 Å². The molecule has 1 aliphatic rings. The molecule has 1 saturated heterocycles. The van der Waals surface area contributed by atoms with Gasteiger partial charge in [-0.15, -0.1) is 0 Å². The quantitative estimate of drug-likeness (QED) is 0.520. The van der Waals surface area contributed by atoms with Crippen LogP contribution in [0.25, 0.3) is 0 Å². The first-order valence-electron chi connectivity index (χ1n) is 6.06. The molecule has 0 aliphatic carbocycles. The minimum Gasteiger partial charge on any atom is -0.393 e. The second kappa shape index (κ2) is 5.41. The van der Waals surface area contributed by atoms with E-state index in [1.807, 2.05) is 0 Å². The Hall–Kier alpha value is -1.22. The standard InChI is InChI=1S/C11H18N4O3S/c1-8(16)9-4-6-15(7-9)19(17,18)10-3-2-5-13-11(10)14-12/h2-3,5,8-9,16H,4,6-7,12H2,1H3,(H,13,14). The molecule has 1 aromatic heterocycles. The first kappa shape index (κ1) is 14.2. The summed E-state index contributed by atoms with van der Waals surface area (Å²) in [5.41, 5.74) is 2.29. The Morgan fingerprint density at radius 1 is 1.63 bits per heavy atom. The summed E-state index contributed by atoms with van der Waals surface area (Å²) in [4.78, 5) is 3.96. The Bertz CT molecular complexity index is 547. The van der Waals surface area contributed by atoms with Crippen molar-refractivity contribution in [1.29, 1.82) is 0 Å². The molecule has 2 heterocycles. The highest BCUT2D eigenvalue weighted by atomic mass is 32.2. The molecule has 106 valence electrons. The van der Waals surface area contributed by atoms with Crippen LogP contribution in [0.4, 0.5) is 5.82 Å². The summed E-state index contributed by atoms with van der Waals surface area (Å²) in [5.74, 6) is 5.39. The molecule has 2 rings (SSSR count). The molecular formula is C11H18N4O3S. The van der Waals surface area contributed by atoms with Crippen molar-refractivity contribution in [1.82, 2.24) is 9.29 Å². The van der Waals surface area contributed by atoms with Crippen LogP contribution in [-0.2, 0) is 10.0 Å². The van der Waals surface area contributed by atoms with E-state index in [-0.39, 0.29) is 16.6 Å². The average molecular weight is 286 g/mol. The molecular weight excluding hydrogens is 268 g/mol. The number of nitrogens with zero attached hydrogens (tertiary/aromatic N) is 2. The Morgan fingerprint density at radius 3 is 2.95 bits per heavy atom. The van der Waals surface area contributed by atoms with E-state index in [1.165, 1.54) is 16.6 Å². The number of nitrogens with one attached hydrogen (secondary N) is 1. The number of aliphatic hydroxyl groups excluding tert-OH is 1. The highest BCUT2D eigenvalue weighted by Crippen LogP contribution is 2.28. The SMILES string of the molecule is CC(O)C1CCN(S(=O)(=O)c2cccnc2NN)C1. The van der Waals surface area contributed by atoms with Crippen molar-refractivity contribution < 1.29 is 13.5 Å². The van der Waals surface area contributed by atoms with Crippen molar-refractivity contribution in [3.63, 3.8) is 0 Å². The van der Waals surface area contributed by atoms with Gasteiger partial charge in [-0.05, 0) is 31.4 Å². The number of aromatic nitrogens is 1. The molecule has 1 aromatic rings. The summed E-state index contributed by atoms with van der Waals surface area (Å²) in [7, 11) is -3.63. The van der Waals surface area contributed by atoms with Crippen LogP contribution in [-0.4, -0.2) is 42.0 Å². The normalized spacial score (nSPS) is 22.4. The van der Waals surface area contributed by atoms with Gasteiger partial charge >= 0.3 is 0 Å². The molecule has 1 fully saturated rings. The largest absolute Gasteiger partial charge is 0.393 e. The van der Waals surface area contributed by atoms with Gasteiger partial charge in [0.25, 0.3) is 0 Å². The second-order valence-corrected chi connectivity index (χ2v) is 6.55. The zero-order valence-corrected chi connectivity index (χ0v) is 11.5. The lowest BCUT2D eigenvalue weighted by atomic mass is 10.0. The number of sulfonamides is 1. The number of rotatable bonds is 4. The summed E-state index contributed by atoms with van der Waals surface area (Å²) >= 11 is 0. The molecule has 0 bridgehead atoms. The van der Waals surface area contributed by atoms with Gasteiger partial charge in [0, 0.05) is 19.3 Å². The number of anilines is 1. The van der Waals surface area contributed by atoms with E-state index in [9.17, 15) is 13.5 Å². The third-order valence-electron chi connectivity index (χ3n) is 3.39. The van der Waals surface area contributed by atoms with Gasteiger partial charge in [0.05, 0.1) is 6.10 Å². The number of nitrogens with two attached hydrogens (primary N) is 1. The Balaban J connectivity index is 2.29. The van der Waals surface area contributed by atoms with Crippen molar-refractivity contribution in [2.24, 2.45) is 11.8 Å². The summed E-state index contributed by atoms with van der Waals surface area (Å²) < 4.78 is 26.3. The number of aliphatic hydroxyl groups is 1. The Labute approximate surface area is 112 Å². The third-order valence-corrected chi connectivity index (χ3v) is 5.29. The van der Waals surface area contributed by atoms with Gasteiger partial charge in [-0.2, -0.15) is 4.31 Å². The second-order valence-electron chi connectivity index (χ2n) is 4.65. The maximum Gasteiger partial charge on any atom is 0.246 e. The van der Waals surface area contributed by atoms with Crippen LogP contribution < -0.4 is 11.3 Å². The zero-order valence-electron chi connectivity index (χ0n) is 10.7. The van der Waals surface area contributed by atoms with E-state index in [4.69, 9.17) is 5.84 Å². The fourth-order valence-corrected chi connectivity index (χ4v) is 3.83. The molecule has 19 heavy (non-hydrogen) atoms. The van der Waals surface area contributed by atoms with Crippen molar-refractivity contribution in [2.75, 3.05) is 18.5 Å². The first-order chi connectivity index (χ1) is 8.96. The number of nitrogen functional groups attached to an aromatic ring is 1. The van der Waals surface area contributed by atoms with Crippen LogP contribution >= 0.6 is 0 Å². The van der Waals surface area contributed by atoms with E-state index in [2.05, 4.69) is 10.4 Å².